The molecule has 0 aliphatic heterocycles. The molecular weight excluding hydrogens is 278 g/mol. The SMILES string of the molecule is Cc1ncccc1NC(=O)C(=O)NCC1CCC(C)(C)CC1. The third-order valence-electron chi connectivity index (χ3n) is 4.47. The number of hydrogen-bond donors (Lipinski definition) is 2. The molecule has 2 N–H and O–H groups in total. The third-order valence-corrected chi connectivity index (χ3v) is 4.47. The fraction of sp³-hybridized carbons (Fsp3) is 0.588. The first-order valence-corrected chi connectivity index (χ1v) is 7.88. The maximum absolute atomic E-state index is 11.9. The van der Waals surface area contributed by atoms with Crippen molar-refractivity contribution in [2.75, 3.05) is 11.9 Å². The predicted molar refractivity (Wildman–Crippen MR) is 86.4 cm³/mol. The molecule has 0 unspecified atom stereocenters. The molecule has 1 saturated carbocycles. The summed E-state index contributed by atoms with van der Waals surface area (Å²) in [5, 5.41) is 5.35. The van der Waals surface area contributed by atoms with Crippen LogP contribution in [-0.2, 0) is 9.59 Å². The van der Waals surface area contributed by atoms with Gasteiger partial charge in [0.15, 0.2) is 0 Å². The summed E-state index contributed by atoms with van der Waals surface area (Å²) in [4.78, 5) is 27.9. The first-order chi connectivity index (χ1) is 10.4. The molecule has 0 spiro atoms. The predicted octanol–water partition coefficient (Wildman–Crippen LogP) is 2.66. The van der Waals surface area contributed by atoms with Gasteiger partial charge in [0.05, 0.1) is 11.4 Å². The summed E-state index contributed by atoms with van der Waals surface area (Å²) in [6.45, 7) is 6.93. The van der Waals surface area contributed by atoms with Crippen LogP contribution >= 0.6 is 0 Å². The van der Waals surface area contributed by atoms with E-state index in [1.807, 2.05) is 0 Å². The van der Waals surface area contributed by atoms with Gasteiger partial charge in [0.2, 0.25) is 0 Å². The van der Waals surface area contributed by atoms with Crippen LogP contribution in [0.2, 0.25) is 0 Å². The molecule has 0 radical (unpaired) electrons. The lowest BCUT2D eigenvalue weighted by atomic mass is 9.73. The lowest BCUT2D eigenvalue weighted by Gasteiger charge is -2.34. The van der Waals surface area contributed by atoms with Crippen molar-refractivity contribution in [2.24, 2.45) is 11.3 Å². The molecule has 5 heteroatoms. The minimum Gasteiger partial charge on any atom is -0.348 e. The normalized spacial score (nSPS) is 17.8. The molecule has 0 atom stereocenters. The van der Waals surface area contributed by atoms with E-state index in [9.17, 15) is 9.59 Å². The molecule has 120 valence electrons. The molecule has 1 heterocycles. The highest BCUT2D eigenvalue weighted by Crippen LogP contribution is 2.37. The molecule has 1 aromatic heterocycles. The smallest absolute Gasteiger partial charge is 0.313 e. The van der Waals surface area contributed by atoms with Gasteiger partial charge in [-0.2, -0.15) is 0 Å². The summed E-state index contributed by atoms with van der Waals surface area (Å²) in [5.41, 5.74) is 1.68. The van der Waals surface area contributed by atoms with Crippen molar-refractivity contribution in [1.29, 1.82) is 0 Å². The number of carbonyl (C=O) groups is 2. The number of pyridine rings is 1. The maximum atomic E-state index is 11.9. The van der Waals surface area contributed by atoms with Crippen LogP contribution in [-0.4, -0.2) is 23.3 Å². The molecule has 0 saturated heterocycles. The highest BCUT2D eigenvalue weighted by Gasteiger charge is 2.27. The molecule has 0 bridgehead atoms. The number of aromatic nitrogens is 1. The van der Waals surface area contributed by atoms with Gasteiger partial charge >= 0.3 is 11.8 Å². The Balaban J connectivity index is 1.78. The van der Waals surface area contributed by atoms with Crippen molar-refractivity contribution in [1.82, 2.24) is 10.3 Å². The fourth-order valence-electron chi connectivity index (χ4n) is 2.78. The molecule has 2 amide bonds. The van der Waals surface area contributed by atoms with Crippen LogP contribution in [0.15, 0.2) is 18.3 Å². The first-order valence-electron chi connectivity index (χ1n) is 7.88. The van der Waals surface area contributed by atoms with Gasteiger partial charge in [-0.1, -0.05) is 13.8 Å². The van der Waals surface area contributed by atoms with Crippen LogP contribution in [0.4, 0.5) is 5.69 Å². The Morgan fingerprint density at radius 3 is 2.59 bits per heavy atom. The number of amides is 2. The van der Waals surface area contributed by atoms with E-state index in [1.165, 1.54) is 12.8 Å². The minimum absolute atomic E-state index is 0.412. The Kier molecular flexibility index (Phi) is 5.16. The van der Waals surface area contributed by atoms with Gasteiger partial charge in [-0.15, -0.1) is 0 Å². The van der Waals surface area contributed by atoms with Gasteiger partial charge in [-0.05, 0) is 56.1 Å². The average Bonchev–Trinajstić information content (AvgIpc) is 2.48. The van der Waals surface area contributed by atoms with Crippen LogP contribution in [0, 0.1) is 18.3 Å². The second kappa shape index (κ2) is 6.90. The van der Waals surface area contributed by atoms with Gasteiger partial charge in [-0.25, -0.2) is 0 Å². The fourth-order valence-corrected chi connectivity index (χ4v) is 2.78. The Bertz CT molecular complexity index is 545. The van der Waals surface area contributed by atoms with E-state index in [0.29, 0.717) is 29.3 Å². The van der Waals surface area contributed by atoms with Crippen molar-refractivity contribution in [3.63, 3.8) is 0 Å². The molecular formula is C17H25N3O2. The molecule has 5 nitrogen and oxygen atoms in total. The Morgan fingerprint density at radius 1 is 1.27 bits per heavy atom. The Hall–Kier alpha value is -1.91. The molecule has 1 aliphatic rings. The summed E-state index contributed by atoms with van der Waals surface area (Å²) in [6, 6.07) is 3.46. The monoisotopic (exact) mass is 303 g/mol. The van der Waals surface area contributed by atoms with Crippen molar-refractivity contribution < 1.29 is 9.59 Å². The van der Waals surface area contributed by atoms with Gasteiger partial charge in [0.25, 0.3) is 0 Å². The molecule has 1 aromatic rings. The minimum atomic E-state index is -0.632. The van der Waals surface area contributed by atoms with E-state index in [0.717, 1.165) is 12.8 Å². The van der Waals surface area contributed by atoms with Gasteiger partial charge in [0.1, 0.15) is 0 Å². The van der Waals surface area contributed by atoms with Crippen LogP contribution in [0.25, 0.3) is 0 Å². The summed E-state index contributed by atoms with van der Waals surface area (Å²) in [6.07, 6.45) is 6.21. The topological polar surface area (TPSA) is 71.1 Å². The van der Waals surface area contributed by atoms with E-state index in [4.69, 9.17) is 0 Å². The molecule has 0 aromatic carbocycles. The molecule has 1 aliphatic carbocycles. The number of hydrogen-bond acceptors (Lipinski definition) is 3. The number of carbonyl (C=O) groups excluding carboxylic acids is 2. The van der Waals surface area contributed by atoms with E-state index in [1.54, 1.807) is 25.3 Å². The van der Waals surface area contributed by atoms with Crippen molar-refractivity contribution in [3.05, 3.63) is 24.0 Å². The Morgan fingerprint density at radius 2 is 1.95 bits per heavy atom. The number of nitrogens with zero attached hydrogens (tertiary/aromatic N) is 1. The standard InChI is InChI=1S/C17H25N3O2/c1-12-14(5-4-10-18-12)20-16(22)15(21)19-11-13-6-8-17(2,3)9-7-13/h4-5,10,13H,6-9,11H2,1-3H3,(H,19,21)(H,20,22). The highest BCUT2D eigenvalue weighted by atomic mass is 16.2. The van der Waals surface area contributed by atoms with E-state index in [2.05, 4.69) is 29.5 Å². The van der Waals surface area contributed by atoms with E-state index in [-0.39, 0.29) is 0 Å². The summed E-state index contributed by atoms with van der Waals surface area (Å²) < 4.78 is 0. The van der Waals surface area contributed by atoms with Gasteiger partial charge < -0.3 is 10.6 Å². The van der Waals surface area contributed by atoms with Gasteiger partial charge in [-0.3, -0.25) is 14.6 Å². The lowest BCUT2D eigenvalue weighted by Crippen LogP contribution is -2.39. The number of anilines is 1. The zero-order chi connectivity index (χ0) is 16.2. The van der Waals surface area contributed by atoms with E-state index >= 15 is 0 Å². The maximum Gasteiger partial charge on any atom is 0.313 e. The second-order valence-electron chi connectivity index (χ2n) is 6.91. The van der Waals surface area contributed by atoms with Crippen molar-refractivity contribution in [3.8, 4) is 0 Å². The Labute approximate surface area is 131 Å². The molecule has 2 rings (SSSR count). The third kappa shape index (κ3) is 4.55. The van der Waals surface area contributed by atoms with E-state index < -0.39 is 11.8 Å². The molecule has 1 fully saturated rings. The largest absolute Gasteiger partial charge is 0.348 e. The van der Waals surface area contributed by atoms with Crippen molar-refractivity contribution >= 4 is 17.5 Å². The van der Waals surface area contributed by atoms with Crippen LogP contribution in [0.3, 0.4) is 0 Å². The molecule has 22 heavy (non-hydrogen) atoms. The van der Waals surface area contributed by atoms with Crippen LogP contribution in [0.1, 0.15) is 45.2 Å². The second-order valence-corrected chi connectivity index (χ2v) is 6.91. The number of aryl methyl sites for hydroxylation is 1. The first kappa shape index (κ1) is 16.5. The van der Waals surface area contributed by atoms with Crippen molar-refractivity contribution in [2.45, 2.75) is 46.5 Å². The summed E-state index contributed by atoms with van der Waals surface area (Å²) in [5.74, 6) is -0.731. The highest BCUT2D eigenvalue weighted by molar-refractivity contribution is 6.39. The van der Waals surface area contributed by atoms with Crippen LogP contribution in [0.5, 0.6) is 0 Å². The number of nitrogens with one attached hydrogen (secondary N) is 2. The number of rotatable bonds is 3. The summed E-state index contributed by atoms with van der Waals surface area (Å²) in [7, 11) is 0. The summed E-state index contributed by atoms with van der Waals surface area (Å²) >= 11 is 0. The zero-order valence-electron chi connectivity index (χ0n) is 13.6. The van der Waals surface area contributed by atoms with Gasteiger partial charge in [0, 0.05) is 12.7 Å². The average molecular weight is 303 g/mol. The zero-order valence-corrected chi connectivity index (χ0v) is 13.6. The van der Waals surface area contributed by atoms with Crippen LogP contribution < -0.4 is 10.6 Å². The quantitative estimate of drug-likeness (QED) is 0.843. The lowest BCUT2D eigenvalue weighted by molar-refractivity contribution is -0.136.